The highest BCUT2D eigenvalue weighted by Crippen LogP contribution is 2.28. The summed E-state index contributed by atoms with van der Waals surface area (Å²) in [4.78, 5) is 0. The minimum Gasteiger partial charge on any atom is -0.239 e. The SMILES string of the molecule is CCc1ccc2c(-c3ccc(F)cc3)c(C#N)nn2c1. The van der Waals surface area contributed by atoms with E-state index in [2.05, 4.69) is 18.1 Å². The van der Waals surface area contributed by atoms with E-state index in [1.807, 2.05) is 18.3 Å². The molecule has 3 rings (SSSR count). The number of hydrogen-bond donors (Lipinski definition) is 0. The molecule has 3 aromatic rings. The number of nitriles is 1. The Balaban J connectivity index is 2.28. The van der Waals surface area contributed by atoms with Crippen LogP contribution in [0.4, 0.5) is 4.39 Å². The van der Waals surface area contributed by atoms with Gasteiger partial charge >= 0.3 is 0 Å². The Morgan fingerprint density at radius 2 is 1.95 bits per heavy atom. The predicted octanol–water partition coefficient (Wildman–Crippen LogP) is 3.57. The lowest BCUT2D eigenvalue weighted by Gasteiger charge is -2.01. The van der Waals surface area contributed by atoms with E-state index in [0.717, 1.165) is 28.6 Å². The lowest BCUT2D eigenvalue weighted by atomic mass is 10.0. The van der Waals surface area contributed by atoms with Crippen LogP contribution in [0.3, 0.4) is 0 Å². The van der Waals surface area contributed by atoms with Crippen LogP contribution in [0.1, 0.15) is 18.2 Å². The Bertz CT molecular complexity index is 810. The lowest BCUT2D eigenvalue weighted by molar-refractivity contribution is 0.628. The van der Waals surface area contributed by atoms with Crippen molar-refractivity contribution in [1.82, 2.24) is 9.61 Å². The number of benzene rings is 1. The van der Waals surface area contributed by atoms with Crippen molar-refractivity contribution < 1.29 is 4.39 Å². The molecule has 98 valence electrons. The van der Waals surface area contributed by atoms with Crippen LogP contribution in [-0.2, 0) is 6.42 Å². The molecule has 0 unspecified atom stereocenters. The van der Waals surface area contributed by atoms with Crippen molar-refractivity contribution in [3.63, 3.8) is 0 Å². The molecule has 1 aromatic carbocycles. The van der Waals surface area contributed by atoms with Crippen LogP contribution in [0.15, 0.2) is 42.6 Å². The van der Waals surface area contributed by atoms with Crippen molar-refractivity contribution >= 4 is 5.52 Å². The maximum Gasteiger partial charge on any atom is 0.171 e. The van der Waals surface area contributed by atoms with E-state index >= 15 is 0 Å². The average Bonchev–Trinajstić information content (AvgIpc) is 2.85. The van der Waals surface area contributed by atoms with Crippen molar-refractivity contribution in [2.24, 2.45) is 0 Å². The summed E-state index contributed by atoms with van der Waals surface area (Å²) in [6.45, 7) is 2.07. The molecule has 0 saturated carbocycles. The fourth-order valence-electron chi connectivity index (χ4n) is 2.28. The average molecular weight is 265 g/mol. The van der Waals surface area contributed by atoms with Crippen molar-refractivity contribution in [2.45, 2.75) is 13.3 Å². The van der Waals surface area contributed by atoms with Gasteiger partial charge in [0.1, 0.15) is 11.9 Å². The van der Waals surface area contributed by atoms with Gasteiger partial charge in [-0.15, -0.1) is 0 Å². The molecule has 0 atom stereocenters. The summed E-state index contributed by atoms with van der Waals surface area (Å²) < 4.78 is 14.8. The molecule has 0 aliphatic heterocycles. The molecule has 4 heteroatoms. The van der Waals surface area contributed by atoms with E-state index in [1.54, 1.807) is 16.6 Å². The Kier molecular flexibility index (Phi) is 2.96. The fourth-order valence-corrected chi connectivity index (χ4v) is 2.28. The predicted molar refractivity (Wildman–Crippen MR) is 74.7 cm³/mol. The van der Waals surface area contributed by atoms with Crippen LogP contribution < -0.4 is 0 Å². The van der Waals surface area contributed by atoms with Gasteiger partial charge in [0.05, 0.1) is 5.52 Å². The van der Waals surface area contributed by atoms with Crippen LogP contribution in [0.2, 0.25) is 0 Å². The molecule has 20 heavy (non-hydrogen) atoms. The van der Waals surface area contributed by atoms with Crippen molar-refractivity contribution in [1.29, 1.82) is 5.26 Å². The molecule has 0 fully saturated rings. The summed E-state index contributed by atoms with van der Waals surface area (Å²) >= 11 is 0. The highest BCUT2D eigenvalue weighted by Gasteiger charge is 2.14. The maximum atomic E-state index is 13.0. The van der Waals surface area contributed by atoms with E-state index in [0.29, 0.717) is 5.69 Å². The second kappa shape index (κ2) is 4.78. The highest BCUT2D eigenvalue weighted by atomic mass is 19.1. The Morgan fingerprint density at radius 3 is 2.60 bits per heavy atom. The molecular formula is C16H12FN3. The third-order valence-corrected chi connectivity index (χ3v) is 3.34. The second-order valence-electron chi connectivity index (χ2n) is 4.56. The van der Waals surface area contributed by atoms with Gasteiger partial charge in [0.15, 0.2) is 5.69 Å². The Hall–Kier alpha value is -2.67. The first-order valence-corrected chi connectivity index (χ1v) is 6.40. The first kappa shape index (κ1) is 12.4. The van der Waals surface area contributed by atoms with Gasteiger partial charge in [0.25, 0.3) is 0 Å². The van der Waals surface area contributed by atoms with E-state index in [9.17, 15) is 9.65 Å². The summed E-state index contributed by atoms with van der Waals surface area (Å²) in [5.41, 5.74) is 3.89. The zero-order valence-corrected chi connectivity index (χ0v) is 11.0. The third-order valence-electron chi connectivity index (χ3n) is 3.34. The summed E-state index contributed by atoms with van der Waals surface area (Å²) in [5, 5.41) is 13.6. The standard InChI is InChI=1S/C16H12FN3/c1-2-11-3-8-15-16(12-4-6-13(17)7-5-12)14(9-18)19-20(15)10-11/h3-8,10H,2H2,1H3. The Labute approximate surface area is 115 Å². The summed E-state index contributed by atoms with van der Waals surface area (Å²) in [7, 11) is 0. The topological polar surface area (TPSA) is 41.1 Å². The van der Waals surface area contributed by atoms with Crippen LogP contribution in [0.5, 0.6) is 0 Å². The molecule has 0 radical (unpaired) electrons. The van der Waals surface area contributed by atoms with Gasteiger partial charge in [-0.05, 0) is 35.7 Å². The lowest BCUT2D eigenvalue weighted by Crippen LogP contribution is -1.90. The molecule has 3 nitrogen and oxygen atoms in total. The van der Waals surface area contributed by atoms with Gasteiger partial charge in [0, 0.05) is 11.8 Å². The maximum absolute atomic E-state index is 13.0. The minimum atomic E-state index is -0.294. The third kappa shape index (κ3) is 1.94. The second-order valence-corrected chi connectivity index (χ2v) is 4.56. The molecule has 0 amide bonds. The number of nitrogens with zero attached hydrogens (tertiary/aromatic N) is 3. The van der Waals surface area contributed by atoms with Gasteiger partial charge in [-0.2, -0.15) is 10.4 Å². The van der Waals surface area contributed by atoms with Crippen molar-refractivity contribution in [3.05, 3.63) is 59.7 Å². The fraction of sp³-hybridized carbons (Fsp3) is 0.125. The zero-order valence-electron chi connectivity index (χ0n) is 11.0. The van der Waals surface area contributed by atoms with E-state index in [-0.39, 0.29) is 5.82 Å². The quantitative estimate of drug-likeness (QED) is 0.710. The number of pyridine rings is 1. The van der Waals surface area contributed by atoms with Crippen molar-refractivity contribution in [2.75, 3.05) is 0 Å². The monoisotopic (exact) mass is 265 g/mol. The summed E-state index contributed by atoms with van der Waals surface area (Å²) in [6.07, 6.45) is 2.83. The van der Waals surface area contributed by atoms with Crippen LogP contribution in [-0.4, -0.2) is 9.61 Å². The molecule has 0 saturated heterocycles. The zero-order chi connectivity index (χ0) is 14.1. The first-order chi connectivity index (χ1) is 9.72. The van der Waals surface area contributed by atoms with Gasteiger partial charge < -0.3 is 0 Å². The number of aryl methyl sites for hydroxylation is 1. The summed E-state index contributed by atoms with van der Waals surface area (Å²) in [5.74, 6) is -0.294. The molecule has 2 aromatic heterocycles. The van der Waals surface area contributed by atoms with E-state index in [4.69, 9.17) is 0 Å². The Morgan fingerprint density at radius 1 is 1.20 bits per heavy atom. The number of fused-ring (bicyclic) bond motifs is 1. The number of halogens is 1. The van der Waals surface area contributed by atoms with Gasteiger partial charge in [0.2, 0.25) is 0 Å². The minimum absolute atomic E-state index is 0.294. The molecule has 0 bridgehead atoms. The molecule has 2 heterocycles. The van der Waals surface area contributed by atoms with Gasteiger partial charge in [-0.3, -0.25) is 0 Å². The summed E-state index contributed by atoms with van der Waals surface area (Å²) in [6, 6.07) is 12.2. The van der Waals surface area contributed by atoms with Crippen LogP contribution >= 0.6 is 0 Å². The highest BCUT2D eigenvalue weighted by molar-refractivity contribution is 5.84. The van der Waals surface area contributed by atoms with Gasteiger partial charge in [-0.1, -0.05) is 25.1 Å². The molecule has 0 N–H and O–H groups in total. The molecular weight excluding hydrogens is 253 g/mol. The van der Waals surface area contributed by atoms with E-state index in [1.165, 1.54) is 12.1 Å². The number of rotatable bonds is 2. The van der Waals surface area contributed by atoms with Crippen molar-refractivity contribution in [3.8, 4) is 17.2 Å². The smallest absolute Gasteiger partial charge is 0.171 e. The largest absolute Gasteiger partial charge is 0.239 e. The van der Waals surface area contributed by atoms with Crippen LogP contribution in [0.25, 0.3) is 16.6 Å². The van der Waals surface area contributed by atoms with Crippen LogP contribution in [0, 0.1) is 17.1 Å². The molecule has 0 spiro atoms. The number of hydrogen-bond acceptors (Lipinski definition) is 2. The molecule has 0 aliphatic carbocycles. The van der Waals surface area contributed by atoms with E-state index < -0.39 is 0 Å². The normalized spacial score (nSPS) is 10.7. The first-order valence-electron chi connectivity index (χ1n) is 6.40. The number of aromatic nitrogens is 2. The molecule has 0 aliphatic rings. The van der Waals surface area contributed by atoms with Gasteiger partial charge in [-0.25, -0.2) is 8.91 Å².